The Morgan fingerprint density at radius 2 is 1.59 bits per heavy atom. The third kappa shape index (κ3) is 5.79. The Kier molecular flexibility index (Phi) is 10.5. The monoisotopic (exact) mass is 586 g/mol. The predicted molar refractivity (Wildman–Crippen MR) is 136 cm³/mol. The van der Waals surface area contributed by atoms with E-state index in [1.807, 2.05) is 20.8 Å². The molecular formula is C27H47NaO10S. The number of aliphatic hydroxyl groups is 6. The summed E-state index contributed by atoms with van der Waals surface area (Å²) >= 11 is 0. The second-order valence-corrected chi connectivity index (χ2v) is 14.7. The minimum Gasteiger partial charge on any atom is -0.726 e. The van der Waals surface area contributed by atoms with Gasteiger partial charge in [-0.25, -0.2) is 8.42 Å². The van der Waals surface area contributed by atoms with E-state index in [2.05, 4.69) is 11.1 Å². The molecule has 12 heteroatoms. The topological polar surface area (TPSA) is 188 Å². The smallest absolute Gasteiger partial charge is 0.726 e. The van der Waals surface area contributed by atoms with E-state index in [1.54, 1.807) is 0 Å². The first-order chi connectivity index (χ1) is 17.5. The van der Waals surface area contributed by atoms with E-state index in [1.165, 1.54) is 0 Å². The third-order valence-electron chi connectivity index (χ3n) is 11.4. The fourth-order valence-corrected chi connectivity index (χ4v) is 10.4. The molecule has 4 fully saturated rings. The van der Waals surface area contributed by atoms with Crippen molar-refractivity contribution in [3.8, 4) is 0 Å². The first kappa shape index (κ1) is 34.1. The summed E-state index contributed by atoms with van der Waals surface area (Å²) in [6.07, 6.45) is -2.06. The Bertz CT molecular complexity index is 968. The molecule has 0 radical (unpaired) electrons. The van der Waals surface area contributed by atoms with Crippen LogP contribution < -0.4 is 29.6 Å². The minimum absolute atomic E-state index is 0. The van der Waals surface area contributed by atoms with Crippen molar-refractivity contribution in [1.82, 2.24) is 0 Å². The quantitative estimate of drug-likeness (QED) is 0.105. The molecule has 4 saturated carbocycles. The second-order valence-electron chi connectivity index (χ2n) is 13.6. The maximum atomic E-state index is 12.4. The maximum Gasteiger partial charge on any atom is 1.00 e. The van der Waals surface area contributed by atoms with Crippen molar-refractivity contribution in [3.05, 3.63) is 0 Å². The minimum atomic E-state index is -5.04. The zero-order chi connectivity index (χ0) is 28.4. The summed E-state index contributed by atoms with van der Waals surface area (Å²) in [6.45, 7) is 8.10. The van der Waals surface area contributed by atoms with Gasteiger partial charge in [-0.15, -0.1) is 0 Å². The molecule has 6 N–H and O–H groups in total. The maximum absolute atomic E-state index is 12.4. The molecule has 0 bridgehead atoms. The van der Waals surface area contributed by atoms with Gasteiger partial charge in [-0.2, -0.15) is 0 Å². The van der Waals surface area contributed by atoms with Gasteiger partial charge < -0.3 is 35.2 Å². The van der Waals surface area contributed by atoms with E-state index in [-0.39, 0.29) is 66.8 Å². The van der Waals surface area contributed by atoms with Crippen LogP contribution in [0.5, 0.6) is 0 Å². The molecule has 0 amide bonds. The van der Waals surface area contributed by atoms with Crippen LogP contribution in [0, 0.1) is 46.3 Å². The molecule has 4 rings (SSSR count). The van der Waals surface area contributed by atoms with Gasteiger partial charge in [0.05, 0.1) is 30.0 Å². The van der Waals surface area contributed by atoms with Crippen LogP contribution >= 0.6 is 0 Å². The van der Waals surface area contributed by atoms with Crippen molar-refractivity contribution in [2.45, 2.75) is 115 Å². The molecule has 14 atom stereocenters. The molecule has 0 aliphatic heterocycles. The first-order valence-electron chi connectivity index (χ1n) is 14.2. The van der Waals surface area contributed by atoms with Gasteiger partial charge in [-0.3, -0.25) is 4.18 Å². The SMILES string of the molecule is C[C@H](CO)CCC[C@@H](C)[C@H]1[C@@H](O)[C@@H](O)C2[C@]3(O)C[C@H](O)C4[C@@H](O)[C@@H](OS(=O)(=O)[O-])CC[C@]4(C)C3CC[C@@]21C.[Na+]. The molecule has 0 aromatic heterocycles. The van der Waals surface area contributed by atoms with Gasteiger partial charge in [0.15, 0.2) is 0 Å². The Balaban J connectivity index is 0.00000420. The van der Waals surface area contributed by atoms with Crippen molar-refractivity contribution >= 4 is 10.4 Å². The molecule has 39 heavy (non-hydrogen) atoms. The molecular weight excluding hydrogens is 539 g/mol. The normalized spacial score (nSPS) is 49.3. The van der Waals surface area contributed by atoms with Gasteiger partial charge >= 0.3 is 29.6 Å². The molecule has 0 saturated heterocycles. The summed E-state index contributed by atoms with van der Waals surface area (Å²) in [4.78, 5) is 0. The summed E-state index contributed by atoms with van der Waals surface area (Å²) in [6, 6.07) is 0. The molecule has 0 spiro atoms. The number of rotatable bonds is 8. The average molecular weight is 587 g/mol. The summed E-state index contributed by atoms with van der Waals surface area (Å²) in [5, 5.41) is 66.8. The fraction of sp³-hybridized carbons (Fsp3) is 1.00. The number of aliphatic hydroxyl groups excluding tert-OH is 5. The van der Waals surface area contributed by atoms with Gasteiger partial charge in [0, 0.05) is 24.9 Å². The molecule has 0 heterocycles. The molecule has 222 valence electrons. The zero-order valence-electron chi connectivity index (χ0n) is 23.9. The van der Waals surface area contributed by atoms with Crippen LogP contribution in [0.4, 0.5) is 0 Å². The van der Waals surface area contributed by atoms with Crippen LogP contribution in [-0.2, 0) is 14.6 Å². The van der Waals surface area contributed by atoms with Crippen LogP contribution in [-0.4, -0.2) is 86.3 Å². The molecule has 4 aliphatic carbocycles. The molecule has 4 aliphatic rings. The predicted octanol–water partition coefficient (Wildman–Crippen LogP) is -2.07. The van der Waals surface area contributed by atoms with Crippen molar-refractivity contribution in [1.29, 1.82) is 0 Å². The third-order valence-corrected chi connectivity index (χ3v) is 11.9. The van der Waals surface area contributed by atoms with Crippen LogP contribution in [0.3, 0.4) is 0 Å². The largest absolute Gasteiger partial charge is 1.00 e. The van der Waals surface area contributed by atoms with Crippen molar-refractivity contribution in [3.63, 3.8) is 0 Å². The number of hydrogen-bond donors (Lipinski definition) is 6. The molecule has 0 aromatic carbocycles. The number of fused-ring (bicyclic) bond motifs is 5. The summed E-state index contributed by atoms with van der Waals surface area (Å²) in [5.41, 5.74) is -2.88. The standard InChI is InChI=1S/C27H48O10S.Na/c1-14(13-28)6-5-7-15(2)19-22(31)23(32)24-26(19,4)11-9-18-25(3)10-8-17(37-38(34,35)36)21(30)20(25)16(29)12-27(18,24)33;/h14-24,28-33H,5-13H2,1-4H3,(H,34,35,36);/q;+1/p-1/t14-,15+,16-,17-,18?,19-,20?,21-,22+,23+,24?,25+,26+,27-;/m0./s1. The number of hydrogen-bond acceptors (Lipinski definition) is 10. The van der Waals surface area contributed by atoms with E-state index >= 15 is 0 Å². The van der Waals surface area contributed by atoms with Crippen LogP contribution in [0.1, 0.15) is 79.1 Å². The van der Waals surface area contributed by atoms with E-state index in [0.717, 1.165) is 19.3 Å². The van der Waals surface area contributed by atoms with Crippen molar-refractivity contribution < 1.29 is 77.4 Å². The van der Waals surface area contributed by atoms with E-state index < -0.39 is 75.1 Å². The van der Waals surface area contributed by atoms with Gasteiger partial charge in [-0.1, -0.05) is 40.5 Å². The van der Waals surface area contributed by atoms with Gasteiger partial charge in [0.25, 0.3) is 0 Å². The zero-order valence-corrected chi connectivity index (χ0v) is 26.8. The van der Waals surface area contributed by atoms with E-state index in [9.17, 15) is 43.6 Å². The fourth-order valence-electron chi connectivity index (χ4n) is 9.93. The first-order valence-corrected chi connectivity index (χ1v) is 15.5. The molecule has 0 aromatic rings. The van der Waals surface area contributed by atoms with Gasteiger partial charge in [-0.05, 0) is 66.6 Å². The average Bonchev–Trinajstić information content (AvgIpc) is 3.00. The second kappa shape index (κ2) is 12.0. The van der Waals surface area contributed by atoms with Crippen molar-refractivity contribution in [2.75, 3.05) is 6.61 Å². The van der Waals surface area contributed by atoms with Gasteiger partial charge in [0.2, 0.25) is 10.4 Å². The van der Waals surface area contributed by atoms with Crippen LogP contribution in [0.15, 0.2) is 0 Å². The Labute approximate surface area is 254 Å². The summed E-state index contributed by atoms with van der Waals surface area (Å²) < 4.78 is 38.3. The Morgan fingerprint density at radius 1 is 0.974 bits per heavy atom. The van der Waals surface area contributed by atoms with Gasteiger partial charge in [0.1, 0.15) is 6.10 Å². The van der Waals surface area contributed by atoms with E-state index in [0.29, 0.717) is 19.3 Å². The van der Waals surface area contributed by atoms with Crippen LogP contribution in [0.25, 0.3) is 0 Å². The van der Waals surface area contributed by atoms with Crippen LogP contribution in [0.2, 0.25) is 0 Å². The Hall–Kier alpha value is 0.630. The summed E-state index contributed by atoms with van der Waals surface area (Å²) in [7, 11) is -5.04. The van der Waals surface area contributed by atoms with Crippen molar-refractivity contribution in [2.24, 2.45) is 46.3 Å². The summed E-state index contributed by atoms with van der Waals surface area (Å²) in [5.74, 6) is -1.90. The molecule has 10 nitrogen and oxygen atoms in total. The molecule has 3 unspecified atom stereocenters. The van der Waals surface area contributed by atoms with E-state index in [4.69, 9.17) is 0 Å². The Morgan fingerprint density at radius 3 is 2.18 bits per heavy atom.